The quantitative estimate of drug-likeness (QED) is 0.649. The van der Waals surface area contributed by atoms with Crippen molar-refractivity contribution in [3.63, 3.8) is 0 Å². The Morgan fingerprint density at radius 2 is 2.00 bits per heavy atom. The van der Waals surface area contributed by atoms with Gasteiger partial charge in [-0.1, -0.05) is 6.42 Å². The highest BCUT2D eigenvalue weighted by Crippen LogP contribution is 2.38. The number of nitrogens with two attached hydrogens (primary N) is 1. The van der Waals surface area contributed by atoms with E-state index in [0.717, 1.165) is 17.0 Å². The molecule has 2 N–H and O–H groups in total. The summed E-state index contributed by atoms with van der Waals surface area (Å²) in [5.41, 5.74) is -0.475. The Labute approximate surface area is 136 Å². The zero-order valence-electron chi connectivity index (χ0n) is 12.5. The number of likely N-dealkylation sites (tertiary alicyclic amines) is 1. The van der Waals surface area contributed by atoms with E-state index in [9.17, 15) is 31.7 Å². The highest BCUT2D eigenvalue weighted by Gasteiger charge is 2.37. The van der Waals surface area contributed by atoms with Gasteiger partial charge in [-0.25, -0.2) is 13.6 Å². The van der Waals surface area contributed by atoms with Gasteiger partial charge in [0.05, 0.1) is 16.4 Å². The van der Waals surface area contributed by atoms with Crippen LogP contribution in [-0.2, 0) is 10.0 Å². The minimum Gasteiger partial charge on any atom is -0.288 e. The molecule has 1 heterocycles. The first-order valence-electron chi connectivity index (χ1n) is 7.11. The van der Waals surface area contributed by atoms with Gasteiger partial charge in [0.15, 0.2) is 0 Å². The summed E-state index contributed by atoms with van der Waals surface area (Å²) in [6, 6.07) is 2.26. The van der Waals surface area contributed by atoms with Crippen molar-refractivity contribution in [2.45, 2.75) is 36.4 Å². The minimum atomic E-state index is -4.43. The van der Waals surface area contributed by atoms with Gasteiger partial charge in [-0.15, -0.1) is 0 Å². The van der Waals surface area contributed by atoms with E-state index in [2.05, 4.69) is 0 Å². The van der Waals surface area contributed by atoms with Crippen LogP contribution < -0.4 is 5.14 Å². The molecule has 11 heteroatoms. The van der Waals surface area contributed by atoms with Gasteiger partial charge < -0.3 is 0 Å². The molecule has 0 aliphatic carbocycles. The van der Waals surface area contributed by atoms with Crippen molar-refractivity contribution in [3.8, 4) is 0 Å². The van der Waals surface area contributed by atoms with Crippen molar-refractivity contribution in [1.82, 2.24) is 4.90 Å². The summed E-state index contributed by atoms with van der Waals surface area (Å²) in [5, 5.41) is 16.2. The highest BCUT2D eigenvalue weighted by molar-refractivity contribution is 7.89. The number of primary sulfonamides is 1. The lowest BCUT2D eigenvalue weighted by Gasteiger charge is -2.36. The number of benzene rings is 1. The van der Waals surface area contributed by atoms with Crippen LogP contribution in [0, 0.1) is 10.1 Å². The highest BCUT2D eigenvalue weighted by atomic mass is 32.2. The molecule has 0 aromatic heterocycles. The normalized spacial score (nSPS) is 20.1. The molecule has 1 fully saturated rings. The number of alkyl halides is 3. The van der Waals surface area contributed by atoms with Crippen LogP contribution in [0.5, 0.6) is 0 Å². The fourth-order valence-electron chi connectivity index (χ4n) is 2.90. The molecule has 0 amide bonds. The van der Waals surface area contributed by atoms with Gasteiger partial charge in [-0.2, -0.15) is 13.2 Å². The van der Waals surface area contributed by atoms with Crippen LogP contribution in [0.25, 0.3) is 0 Å². The zero-order chi connectivity index (χ0) is 18.1. The van der Waals surface area contributed by atoms with E-state index in [1.54, 1.807) is 0 Å². The first-order chi connectivity index (χ1) is 11.0. The van der Waals surface area contributed by atoms with E-state index in [-0.39, 0.29) is 12.1 Å². The Morgan fingerprint density at radius 1 is 1.33 bits per heavy atom. The molecule has 0 radical (unpaired) electrons. The third kappa shape index (κ3) is 4.42. The van der Waals surface area contributed by atoms with Crippen molar-refractivity contribution in [2.75, 3.05) is 13.1 Å². The number of sulfonamides is 1. The smallest absolute Gasteiger partial charge is 0.288 e. The molecule has 134 valence electrons. The summed E-state index contributed by atoms with van der Waals surface area (Å²) in [6.07, 6.45) is -2.90. The van der Waals surface area contributed by atoms with Gasteiger partial charge in [0.25, 0.3) is 5.69 Å². The first kappa shape index (κ1) is 18.6. The second kappa shape index (κ2) is 6.65. The number of halogens is 3. The summed E-state index contributed by atoms with van der Waals surface area (Å²) >= 11 is 0. The molecule has 1 aromatic carbocycles. The second-order valence-corrected chi connectivity index (χ2v) is 7.18. The van der Waals surface area contributed by atoms with Crippen molar-refractivity contribution >= 4 is 15.7 Å². The summed E-state index contributed by atoms with van der Waals surface area (Å²) in [6.45, 7) is -1.01. The van der Waals surface area contributed by atoms with Crippen molar-refractivity contribution in [1.29, 1.82) is 0 Å². The summed E-state index contributed by atoms with van der Waals surface area (Å²) in [4.78, 5) is 11.2. The molecular weight excluding hydrogens is 351 g/mol. The minimum absolute atomic E-state index is 0.0661. The number of rotatable bonds is 4. The Kier molecular flexibility index (Phi) is 5.16. The van der Waals surface area contributed by atoms with Crippen molar-refractivity contribution in [2.24, 2.45) is 5.14 Å². The molecule has 24 heavy (non-hydrogen) atoms. The molecule has 1 aromatic rings. The maximum Gasteiger partial charge on any atom is 0.401 e. The number of nitro groups is 1. The van der Waals surface area contributed by atoms with Gasteiger partial charge in [0.2, 0.25) is 10.0 Å². The molecule has 1 saturated heterocycles. The fourth-order valence-corrected chi connectivity index (χ4v) is 3.44. The summed E-state index contributed by atoms with van der Waals surface area (Å²) < 4.78 is 60.9. The van der Waals surface area contributed by atoms with E-state index in [0.29, 0.717) is 19.3 Å². The molecular formula is C13H16F3N3O4S. The predicted molar refractivity (Wildman–Crippen MR) is 78.7 cm³/mol. The molecule has 7 nitrogen and oxygen atoms in total. The largest absolute Gasteiger partial charge is 0.401 e. The van der Waals surface area contributed by atoms with Crippen molar-refractivity contribution < 1.29 is 26.5 Å². The van der Waals surface area contributed by atoms with Crippen LogP contribution >= 0.6 is 0 Å². The Bertz CT molecular complexity index is 736. The number of hydrogen-bond donors (Lipinski definition) is 1. The van der Waals surface area contributed by atoms with Crippen LogP contribution in [-0.4, -0.2) is 37.5 Å². The standard InChI is InChI=1S/C13H16F3N3O4S/c14-13(15,16)8-18-6-2-1-3-11(18)10-5-4-9(24(17,22)23)7-12(10)19(20)21/h4-5,7,11H,1-3,6,8H2,(H2,17,22,23). The predicted octanol–water partition coefficient (Wildman–Crippen LogP) is 2.33. The van der Waals surface area contributed by atoms with E-state index < -0.39 is 44.3 Å². The fraction of sp³-hybridized carbons (Fsp3) is 0.538. The monoisotopic (exact) mass is 367 g/mol. The molecule has 0 saturated carbocycles. The molecule has 1 atom stereocenters. The van der Waals surface area contributed by atoms with Gasteiger partial charge in [-0.05, 0) is 31.5 Å². The maximum atomic E-state index is 12.7. The lowest BCUT2D eigenvalue weighted by Crippen LogP contribution is -2.40. The lowest BCUT2D eigenvalue weighted by atomic mass is 9.94. The third-order valence-corrected chi connectivity index (χ3v) is 4.79. The van der Waals surface area contributed by atoms with E-state index in [1.807, 2.05) is 0 Å². The number of nitro benzene ring substituents is 1. The lowest BCUT2D eigenvalue weighted by molar-refractivity contribution is -0.386. The van der Waals surface area contributed by atoms with Crippen LogP contribution in [0.1, 0.15) is 30.9 Å². The third-order valence-electron chi connectivity index (χ3n) is 3.88. The van der Waals surface area contributed by atoms with E-state index in [4.69, 9.17) is 5.14 Å². The van der Waals surface area contributed by atoms with Gasteiger partial charge in [0.1, 0.15) is 0 Å². The maximum absolute atomic E-state index is 12.7. The van der Waals surface area contributed by atoms with Crippen LogP contribution in [0.2, 0.25) is 0 Å². The topological polar surface area (TPSA) is 107 Å². The molecule has 1 aliphatic rings. The van der Waals surface area contributed by atoms with E-state index >= 15 is 0 Å². The molecule has 2 rings (SSSR count). The molecule has 0 spiro atoms. The Hall–Kier alpha value is -1.72. The molecule has 1 aliphatic heterocycles. The average molecular weight is 367 g/mol. The van der Waals surface area contributed by atoms with Gasteiger partial charge in [0, 0.05) is 17.7 Å². The van der Waals surface area contributed by atoms with E-state index in [1.165, 1.54) is 6.07 Å². The Morgan fingerprint density at radius 3 is 2.54 bits per heavy atom. The second-order valence-electron chi connectivity index (χ2n) is 5.62. The zero-order valence-corrected chi connectivity index (χ0v) is 13.3. The SMILES string of the molecule is NS(=O)(=O)c1ccc(C2CCCCN2CC(F)(F)F)c([N+](=O)[O-])c1. The van der Waals surface area contributed by atoms with Crippen molar-refractivity contribution in [3.05, 3.63) is 33.9 Å². The summed E-state index contributed by atoms with van der Waals surface area (Å²) in [7, 11) is -4.15. The molecule has 1 unspecified atom stereocenters. The number of hydrogen-bond acceptors (Lipinski definition) is 5. The van der Waals surface area contributed by atoms with Gasteiger partial charge >= 0.3 is 6.18 Å². The number of piperidine rings is 1. The Balaban J connectivity index is 2.46. The number of nitrogens with zero attached hydrogens (tertiary/aromatic N) is 2. The molecule has 0 bridgehead atoms. The van der Waals surface area contributed by atoms with Crippen LogP contribution in [0.4, 0.5) is 18.9 Å². The van der Waals surface area contributed by atoms with Gasteiger partial charge in [-0.3, -0.25) is 15.0 Å². The first-order valence-corrected chi connectivity index (χ1v) is 8.65. The average Bonchev–Trinajstić information content (AvgIpc) is 2.44. The summed E-state index contributed by atoms with van der Waals surface area (Å²) in [5.74, 6) is 0. The van der Waals surface area contributed by atoms with Crippen LogP contribution in [0.3, 0.4) is 0 Å². The van der Waals surface area contributed by atoms with Crippen LogP contribution in [0.15, 0.2) is 23.1 Å².